The fourth-order valence-corrected chi connectivity index (χ4v) is 3.84. The van der Waals surface area contributed by atoms with Crippen molar-refractivity contribution >= 4 is 17.4 Å². The van der Waals surface area contributed by atoms with Gasteiger partial charge in [0.15, 0.2) is 5.82 Å². The second kappa shape index (κ2) is 8.82. The van der Waals surface area contributed by atoms with Crippen LogP contribution in [0, 0.1) is 5.92 Å². The van der Waals surface area contributed by atoms with Crippen molar-refractivity contribution in [3.8, 4) is 11.3 Å². The summed E-state index contributed by atoms with van der Waals surface area (Å²) in [4.78, 5) is 21.4. The van der Waals surface area contributed by atoms with Crippen molar-refractivity contribution in [1.82, 2.24) is 15.2 Å². The summed E-state index contributed by atoms with van der Waals surface area (Å²) in [7, 11) is 0. The third-order valence-electron chi connectivity index (χ3n) is 5.35. The fourth-order valence-electron chi connectivity index (χ4n) is 3.84. The summed E-state index contributed by atoms with van der Waals surface area (Å²) in [6.07, 6.45) is 5.39. The second-order valence-corrected chi connectivity index (χ2v) is 7.22. The first kappa shape index (κ1) is 19.1. The van der Waals surface area contributed by atoms with Crippen LogP contribution in [-0.4, -0.2) is 40.7 Å². The van der Waals surface area contributed by atoms with E-state index in [1.165, 1.54) is 0 Å². The molecule has 6 heteroatoms. The lowest BCUT2D eigenvalue weighted by atomic mass is 9.96. The molecule has 0 bridgehead atoms. The van der Waals surface area contributed by atoms with Crippen molar-refractivity contribution in [2.75, 3.05) is 29.4 Å². The topological polar surface area (TPSA) is 62.2 Å². The highest BCUT2D eigenvalue weighted by atomic mass is 16.2. The molecule has 0 aliphatic carbocycles. The molecule has 1 aliphatic rings. The molecule has 1 aliphatic heterocycles. The lowest BCUT2D eigenvalue weighted by molar-refractivity contribution is -0.122. The number of carbonyl (C=O) groups excluding carboxylic acids is 1. The van der Waals surface area contributed by atoms with Crippen LogP contribution in [0.4, 0.5) is 11.5 Å². The molecule has 1 unspecified atom stereocenters. The summed E-state index contributed by atoms with van der Waals surface area (Å²) < 4.78 is 0. The van der Waals surface area contributed by atoms with Crippen LogP contribution < -0.4 is 9.80 Å². The minimum absolute atomic E-state index is 0.0382. The van der Waals surface area contributed by atoms with Gasteiger partial charge in [0.2, 0.25) is 5.91 Å². The molecule has 1 aromatic carbocycles. The van der Waals surface area contributed by atoms with Crippen LogP contribution in [-0.2, 0) is 4.79 Å². The average molecular weight is 387 g/mol. The number of aromatic nitrogens is 3. The Labute approximate surface area is 171 Å². The maximum atomic E-state index is 13.2. The van der Waals surface area contributed by atoms with E-state index in [-0.39, 0.29) is 11.8 Å². The van der Waals surface area contributed by atoms with Crippen molar-refractivity contribution in [3.63, 3.8) is 0 Å². The summed E-state index contributed by atoms with van der Waals surface area (Å²) in [6, 6.07) is 17.7. The molecule has 1 atom stereocenters. The average Bonchev–Trinajstić information content (AvgIpc) is 2.81. The lowest BCUT2D eigenvalue weighted by Gasteiger charge is -2.35. The van der Waals surface area contributed by atoms with Crippen LogP contribution in [0.2, 0.25) is 0 Å². The van der Waals surface area contributed by atoms with Gasteiger partial charge in [0.05, 0.1) is 11.6 Å². The van der Waals surface area contributed by atoms with E-state index >= 15 is 0 Å². The number of benzene rings is 1. The Bertz CT molecular complexity index is 931. The predicted molar refractivity (Wildman–Crippen MR) is 115 cm³/mol. The van der Waals surface area contributed by atoms with E-state index in [1.54, 1.807) is 12.4 Å². The van der Waals surface area contributed by atoms with Crippen LogP contribution in [0.1, 0.15) is 19.8 Å². The number of amides is 1. The van der Waals surface area contributed by atoms with Crippen molar-refractivity contribution in [2.24, 2.45) is 5.92 Å². The van der Waals surface area contributed by atoms with Crippen molar-refractivity contribution < 1.29 is 4.79 Å². The smallest absolute Gasteiger partial charge is 0.231 e. The maximum Gasteiger partial charge on any atom is 0.231 e. The third-order valence-corrected chi connectivity index (χ3v) is 5.35. The molecule has 6 nitrogen and oxygen atoms in total. The van der Waals surface area contributed by atoms with Crippen LogP contribution in [0.25, 0.3) is 11.3 Å². The maximum absolute atomic E-state index is 13.2. The minimum atomic E-state index is -0.0382. The standard InChI is InChI=1S/C23H25N5O/c1-2-28(20-10-4-3-5-11-20)23(29)19-9-7-15-27(17-19)22-13-12-21(25-26-22)18-8-6-14-24-16-18/h3-6,8,10-14,16,19H,2,7,9,15,17H2,1H3. The zero-order valence-electron chi connectivity index (χ0n) is 16.6. The first-order valence-electron chi connectivity index (χ1n) is 10.1. The highest BCUT2D eigenvalue weighted by molar-refractivity contribution is 5.95. The summed E-state index contributed by atoms with van der Waals surface area (Å²) in [5.41, 5.74) is 2.70. The zero-order valence-corrected chi connectivity index (χ0v) is 16.6. The molecule has 2 aromatic heterocycles. The highest BCUT2D eigenvalue weighted by Crippen LogP contribution is 2.26. The molecule has 1 fully saturated rings. The molecule has 3 aromatic rings. The van der Waals surface area contributed by atoms with Gasteiger partial charge in [0.25, 0.3) is 0 Å². The summed E-state index contributed by atoms with van der Waals surface area (Å²) in [5, 5.41) is 8.78. The van der Waals surface area contributed by atoms with Crippen LogP contribution >= 0.6 is 0 Å². The first-order chi connectivity index (χ1) is 14.3. The van der Waals surface area contributed by atoms with Gasteiger partial charge in [0.1, 0.15) is 0 Å². The van der Waals surface area contributed by atoms with Gasteiger partial charge < -0.3 is 9.80 Å². The van der Waals surface area contributed by atoms with E-state index in [0.717, 1.165) is 42.1 Å². The van der Waals surface area contributed by atoms with Gasteiger partial charge in [-0.2, -0.15) is 0 Å². The number of carbonyl (C=O) groups is 1. The number of hydrogen-bond donors (Lipinski definition) is 0. The zero-order chi connectivity index (χ0) is 20.1. The quantitative estimate of drug-likeness (QED) is 0.666. The molecule has 0 radical (unpaired) electrons. The number of hydrogen-bond acceptors (Lipinski definition) is 5. The van der Waals surface area contributed by atoms with E-state index in [0.29, 0.717) is 13.1 Å². The molecular formula is C23H25N5O. The molecule has 0 spiro atoms. The molecule has 0 saturated carbocycles. The van der Waals surface area contributed by atoms with Gasteiger partial charge in [-0.3, -0.25) is 9.78 Å². The lowest BCUT2D eigenvalue weighted by Crippen LogP contribution is -2.45. The molecule has 1 amide bonds. The van der Waals surface area contributed by atoms with E-state index in [4.69, 9.17) is 0 Å². The van der Waals surface area contributed by atoms with Gasteiger partial charge in [0, 0.05) is 43.3 Å². The van der Waals surface area contributed by atoms with E-state index < -0.39 is 0 Å². The van der Waals surface area contributed by atoms with Gasteiger partial charge in [-0.25, -0.2) is 0 Å². The van der Waals surface area contributed by atoms with Gasteiger partial charge in [-0.15, -0.1) is 10.2 Å². The molecule has 0 N–H and O–H groups in total. The van der Waals surface area contributed by atoms with Crippen molar-refractivity contribution in [2.45, 2.75) is 19.8 Å². The molecular weight excluding hydrogens is 362 g/mol. The number of rotatable bonds is 5. The Morgan fingerprint density at radius 2 is 1.97 bits per heavy atom. The normalized spacial score (nSPS) is 16.4. The van der Waals surface area contributed by atoms with E-state index in [9.17, 15) is 4.79 Å². The van der Waals surface area contributed by atoms with E-state index in [2.05, 4.69) is 20.1 Å². The number of piperidine rings is 1. The van der Waals surface area contributed by atoms with Crippen LogP contribution in [0.15, 0.2) is 67.0 Å². The van der Waals surface area contributed by atoms with Gasteiger partial charge in [-0.1, -0.05) is 18.2 Å². The number of pyridine rings is 1. The van der Waals surface area contributed by atoms with Crippen molar-refractivity contribution in [1.29, 1.82) is 0 Å². The minimum Gasteiger partial charge on any atom is -0.354 e. The van der Waals surface area contributed by atoms with Gasteiger partial charge >= 0.3 is 0 Å². The summed E-state index contributed by atoms with van der Waals surface area (Å²) in [6.45, 7) is 4.25. The van der Waals surface area contributed by atoms with Crippen LogP contribution in [0.3, 0.4) is 0 Å². The Kier molecular flexibility index (Phi) is 5.79. The summed E-state index contributed by atoms with van der Waals surface area (Å²) >= 11 is 0. The monoisotopic (exact) mass is 387 g/mol. The molecule has 1 saturated heterocycles. The second-order valence-electron chi connectivity index (χ2n) is 7.22. The Hall–Kier alpha value is -3.28. The summed E-state index contributed by atoms with van der Waals surface area (Å²) in [5.74, 6) is 0.963. The fraction of sp³-hybridized carbons (Fsp3) is 0.304. The van der Waals surface area contributed by atoms with E-state index in [1.807, 2.05) is 66.4 Å². The van der Waals surface area contributed by atoms with Crippen LogP contribution in [0.5, 0.6) is 0 Å². The predicted octanol–water partition coefficient (Wildman–Crippen LogP) is 3.81. The molecule has 3 heterocycles. The number of para-hydroxylation sites is 1. The Balaban J connectivity index is 1.47. The molecule has 29 heavy (non-hydrogen) atoms. The SMILES string of the molecule is CCN(C(=O)C1CCCN(c2ccc(-c3cccnc3)nn2)C1)c1ccccc1. The Morgan fingerprint density at radius 1 is 1.10 bits per heavy atom. The Morgan fingerprint density at radius 3 is 2.66 bits per heavy atom. The van der Waals surface area contributed by atoms with Gasteiger partial charge in [-0.05, 0) is 56.2 Å². The number of anilines is 2. The molecule has 4 rings (SSSR count). The highest BCUT2D eigenvalue weighted by Gasteiger charge is 2.30. The van der Waals surface area contributed by atoms with Crippen molar-refractivity contribution in [3.05, 3.63) is 67.0 Å². The first-order valence-corrected chi connectivity index (χ1v) is 10.1. The molecule has 148 valence electrons. The third kappa shape index (κ3) is 4.26. The number of nitrogens with zero attached hydrogens (tertiary/aromatic N) is 5. The largest absolute Gasteiger partial charge is 0.354 e.